The van der Waals surface area contributed by atoms with Crippen LogP contribution in [0.1, 0.15) is 42.5 Å². The molecule has 2 amide bonds. The number of anilines is 1. The van der Waals surface area contributed by atoms with Gasteiger partial charge in [-0.3, -0.25) is 14.6 Å². The second-order valence-corrected chi connectivity index (χ2v) is 6.67. The molecule has 0 aliphatic heterocycles. The Morgan fingerprint density at radius 2 is 1.81 bits per heavy atom. The molecule has 1 fully saturated rings. The van der Waals surface area contributed by atoms with Gasteiger partial charge >= 0.3 is 0 Å². The Balaban J connectivity index is 1.75. The fourth-order valence-electron chi connectivity index (χ4n) is 3.40. The van der Waals surface area contributed by atoms with Crippen LogP contribution in [0, 0.1) is 11.6 Å². The molecule has 1 aromatic carbocycles. The van der Waals surface area contributed by atoms with Gasteiger partial charge in [0.25, 0.3) is 5.91 Å². The van der Waals surface area contributed by atoms with Crippen LogP contribution in [0.5, 0.6) is 0 Å². The summed E-state index contributed by atoms with van der Waals surface area (Å²) < 4.78 is 26.6. The number of carbonyl (C=O) groups excluding carboxylic acids is 2. The van der Waals surface area contributed by atoms with Crippen molar-refractivity contribution in [1.82, 2.24) is 9.88 Å². The molecule has 142 valence electrons. The summed E-state index contributed by atoms with van der Waals surface area (Å²) in [7, 11) is 0. The van der Waals surface area contributed by atoms with Crippen LogP contribution in [0.25, 0.3) is 0 Å². The maximum atomic E-state index is 13.3. The first kappa shape index (κ1) is 18.9. The molecule has 3 rings (SSSR count). The first-order chi connectivity index (χ1) is 13.0. The summed E-state index contributed by atoms with van der Waals surface area (Å²) in [6.45, 7) is -0.184. The van der Waals surface area contributed by atoms with Gasteiger partial charge in [-0.15, -0.1) is 0 Å². The smallest absolute Gasteiger partial charge is 0.256 e. The number of nitrogens with zero attached hydrogens (tertiary/aromatic N) is 2. The second kappa shape index (κ2) is 8.70. The third kappa shape index (κ3) is 5.09. The number of rotatable bonds is 5. The van der Waals surface area contributed by atoms with Crippen molar-refractivity contribution in [2.24, 2.45) is 0 Å². The number of aromatic nitrogens is 1. The van der Waals surface area contributed by atoms with Crippen molar-refractivity contribution in [2.45, 2.75) is 38.1 Å². The number of carbonyl (C=O) groups is 2. The third-order valence-corrected chi connectivity index (χ3v) is 4.65. The van der Waals surface area contributed by atoms with E-state index >= 15 is 0 Å². The molecule has 1 saturated carbocycles. The van der Waals surface area contributed by atoms with Crippen molar-refractivity contribution in [3.05, 3.63) is 59.9 Å². The Morgan fingerprint density at radius 1 is 1.11 bits per heavy atom. The van der Waals surface area contributed by atoms with Crippen LogP contribution < -0.4 is 5.32 Å². The number of amides is 2. The van der Waals surface area contributed by atoms with Gasteiger partial charge in [-0.05, 0) is 37.1 Å². The first-order valence-corrected chi connectivity index (χ1v) is 9.00. The third-order valence-electron chi connectivity index (χ3n) is 4.65. The maximum absolute atomic E-state index is 13.3. The van der Waals surface area contributed by atoms with E-state index < -0.39 is 17.5 Å². The zero-order chi connectivity index (χ0) is 19.2. The summed E-state index contributed by atoms with van der Waals surface area (Å²) >= 11 is 0. The number of pyridine rings is 1. The van der Waals surface area contributed by atoms with Crippen LogP contribution in [-0.4, -0.2) is 34.3 Å². The van der Waals surface area contributed by atoms with Crippen molar-refractivity contribution < 1.29 is 18.4 Å². The van der Waals surface area contributed by atoms with Gasteiger partial charge in [-0.2, -0.15) is 0 Å². The maximum Gasteiger partial charge on any atom is 0.256 e. The van der Waals surface area contributed by atoms with Gasteiger partial charge in [0, 0.05) is 30.2 Å². The van der Waals surface area contributed by atoms with E-state index in [1.165, 1.54) is 6.20 Å². The molecule has 7 heteroatoms. The summed E-state index contributed by atoms with van der Waals surface area (Å²) in [4.78, 5) is 30.9. The van der Waals surface area contributed by atoms with Gasteiger partial charge in [0.05, 0.1) is 5.56 Å². The average molecular weight is 373 g/mol. The Bertz CT molecular complexity index is 788. The molecular weight excluding hydrogens is 352 g/mol. The van der Waals surface area contributed by atoms with Gasteiger partial charge in [0.1, 0.15) is 18.2 Å². The molecule has 0 bridgehead atoms. The Morgan fingerprint density at radius 3 is 2.44 bits per heavy atom. The highest BCUT2D eigenvalue weighted by Crippen LogP contribution is 2.24. The van der Waals surface area contributed by atoms with Crippen LogP contribution in [0.4, 0.5) is 14.5 Å². The van der Waals surface area contributed by atoms with E-state index in [0.29, 0.717) is 5.56 Å². The van der Waals surface area contributed by atoms with Crippen molar-refractivity contribution >= 4 is 17.5 Å². The molecule has 27 heavy (non-hydrogen) atoms. The lowest BCUT2D eigenvalue weighted by molar-refractivity contribution is -0.117. The number of nitrogens with one attached hydrogen (secondary N) is 1. The average Bonchev–Trinajstić information content (AvgIpc) is 2.66. The van der Waals surface area contributed by atoms with E-state index in [4.69, 9.17) is 0 Å². The molecule has 0 atom stereocenters. The summed E-state index contributed by atoms with van der Waals surface area (Å²) in [5, 5.41) is 2.47. The van der Waals surface area contributed by atoms with Crippen molar-refractivity contribution in [3.63, 3.8) is 0 Å². The van der Waals surface area contributed by atoms with E-state index in [1.54, 1.807) is 23.2 Å². The van der Waals surface area contributed by atoms with E-state index in [-0.39, 0.29) is 24.2 Å². The number of benzene rings is 1. The Labute approximate surface area is 156 Å². The Kier molecular flexibility index (Phi) is 6.11. The zero-order valence-corrected chi connectivity index (χ0v) is 14.8. The fourth-order valence-corrected chi connectivity index (χ4v) is 3.40. The van der Waals surface area contributed by atoms with Gasteiger partial charge < -0.3 is 10.2 Å². The molecule has 1 aromatic heterocycles. The van der Waals surface area contributed by atoms with E-state index in [9.17, 15) is 18.4 Å². The highest BCUT2D eigenvalue weighted by Gasteiger charge is 2.28. The number of halogens is 2. The van der Waals surface area contributed by atoms with Crippen LogP contribution in [0.15, 0.2) is 42.7 Å². The van der Waals surface area contributed by atoms with Gasteiger partial charge in [-0.25, -0.2) is 8.78 Å². The molecular formula is C20H21F2N3O2. The molecule has 2 aromatic rings. The number of hydrogen-bond donors (Lipinski definition) is 1. The topological polar surface area (TPSA) is 62.3 Å². The SMILES string of the molecule is O=C(CN(C(=O)c1cccnc1)C1CCCCC1)Nc1cc(F)cc(F)c1. The minimum atomic E-state index is -0.777. The first-order valence-electron chi connectivity index (χ1n) is 9.00. The minimum absolute atomic E-state index is 0.0231. The molecule has 1 N–H and O–H groups in total. The summed E-state index contributed by atoms with van der Waals surface area (Å²) in [6.07, 6.45) is 7.81. The second-order valence-electron chi connectivity index (χ2n) is 6.67. The zero-order valence-electron chi connectivity index (χ0n) is 14.8. The van der Waals surface area contributed by atoms with Crippen LogP contribution >= 0.6 is 0 Å². The quantitative estimate of drug-likeness (QED) is 0.868. The molecule has 0 saturated heterocycles. The van der Waals surface area contributed by atoms with Gasteiger partial charge in [0.15, 0.2) is 0 Å². The molecule has 0 radical (unpaired) electrons. The lowest BCUT2D eigenvalue weighted by Crippen LogP contribution is -2.45. The summed E-state index contributed by atoms with van der Waals surface area (Å²) in [6, 6.07) is 6.09. The minimum Gasteiger partial charge on any atom is -0.326 e. The monoisotopic (exact) mass is 373 g/mol. The normalized spacial score (nSPS) is 14.6. The molecule has 0 spiro atoms. The van der Waals surface area contributed by atoms with Crippen molar-refractivity contribution in [2.75, 3.05) is 11.9 Å². The number of hydrogen-bond acceptors (Lipinski definition) is 3. The summed E-state index contributed by atoms with van der Waals surface area (Å²) in [5.41, 5.74) is 0.433. The molecule has 1 heterocycles. The van der Waals surface area contributed by atoms with Crippen LogP contribution in [0.2, 0.25) is 0 Å². The molecule has 1 aliphatic rings. The van der Waals surface area contributed by atoms with E-state index in [1.807, 2.05) is 0 Å². The largest absolute Gasteiger partial charge is 0.326 e. The lowest BCUT2D eigenvalue weighted by Gasteiger charge is -2.34. The van der Waals surface area contributed by atoms with E-state index in [2.05, 4.69) is 10.3 Å². The standard InChI is InChI=1S/C20H21F2N3O2/c21-15-9-16(22)11-17(10-15)24-19(26)13-25(18-6-2-1-3-7-18)20(27)14-5-4-8-23-12-14/h4-5,8-12,18H,1-3,6-7,13H2,(H,24,26). The van der Waals surface area contributed by atoms with Crippen LogP contribution in [0.3, 0.4) is 0 Å². The van der Waals surface area contributed by atoms with Gasteiger partial charge in [-0.1, -0.05) is 19.3 Å². The van der Waals surface area contributed by atoms with E-state index in [0.717, 1.165) is 50.3 Å². The lowest BCUT2D eigenvalue weighted by atomic mass is 9.93. The van der Waals surface area contributed by atoms with Gasteiger partial charge in [0.2, 0.25) is 5.91 Å². The van der Waals surface area contributed by atoms with Crippen LogP contribution in [-0.2, 0) is 4.79 Å². The van der Waals surface area contributed by atoms with Crippen molar-refractivity contribution in [3.8, 4) is 0 Å². The molecule has 5 nitrogen and oxygen atoms in total. The van der Waals surface area contributed by atoms with Crippen molar-refractivity contribution in [1.29, 1.82) is 0 Å². The Hall–Kier alpha value is -2.83. The highest BCUT2D eigenvalue weighted by atomic mass is 19.1. The fraction of sp³-hybridized carbons (Fsp3) is 0.350. The summed E-state index contributed by atoms with van der Waals surface area (Å²) in [5.74, 6) is -2.32. The highest BCUT2D eigenvalue weighted by molar-refractivity contribution is 5.99. The molecule has 1 aliphatic carbocycles. The predicted molar refractivity (Wildman–Crippen MR) is 97.1 cm³/mol. The predicted octanol–water partition coefficient (Wildman–Crippen LogP) is 3.77. The molecule has 0 unspecified atom stereocenters.